The molecule has 0 aromatic carbocycles. The summed E-state index contributed by atoms with van der Waals surface area (Å²) in [7, 11) is -0.733. The first-order valence-electron chi connectivity index (χ1n) is 22.9. The third kappa shape index (κ3) is 43.4. The summed E-state index contributed by atoms with van der Waals surface area (Å²) in [5, 5.41) is 0. The number of hydrogen-bond acceptors (Lipinski definition) is 8. The van der Waals surface area contributed by atoms with Gasteiger partial charge in [-0.1, -0.05) is 178 Å². The van der Waals surface area contributed by atoms with Crippen LogP contribution in [-0.2, 0) is 32.7 Å². The molecule has 1 N–H and O–H groups in total. The molecule has 0 aliphatic rings. The van der Waals surface area contributed by atoms with Crippen LogP contribution in [0.4, 0.5) is 0 Å². The maximum Gasteiger partial charge on any atom is 0.472 e. The highest BCUT2D eigenvalue weighted by Crippen LogP contribution is 2.43. The Morgan fingerprint density at radius 2 is 1.00 bits per heavy atom. The van der Waals surface area contributed by atoms with Crippen LogP contribution in [-0.4, -0.2) is 68.3 Å². The number of nitrogens with zero attached hydrogens (tertiary/aromatic N) is 1. The SMILES string of the molecule is CC/C=C\C/C=C\C/C=C\C/C=C\CCCCC(=O)OC(COC(=O)CCCCCCCCCCCCCCCCCCCCC)COP(=O)(O)OCCN(C)C. The Hall–Kier alpha value is -2.03. The number of phosphoric ester groups is 1. The molecule has 0 aliphatic heterocycles. The number of phosphoric acid groups is 1. The van der Waals surface area contributed by atoms with E-state index < -0.39 is 26.5 Å². The van der Waals surface area contributed by atoms with Gasteiger partial charge in [0.2, 0.25) is 0 Å². The second-order valence-corrected chi connectivity index (χ2v) is 17.0. The zero-order chi connectivity index (χ0) is 41.9. The fourth-order valence-corrected chi connectivity index (χ4v) is 6.89. The van der Waals surface area contributed by atoms with Gasteiger partial charge in [-0.3, -0.25) is 18.6 Å². The smallest absolute Gasteiger partial charge is 0.462 e. The van der Waals surface area contributed by atoms with Gasteiger partial charge in [0, 0.05) is 19.4 Å². The standard InChI is InChI=1S/C47H86NO8P/c1-5-7-9-11-13-15-17-19-21-22-23-24-26-27-29-31-33-35-37-39-46(49)53-43-45(44-55-57(51,52)54-42-41-48(3)4)56-47(50)40-38-36-34-32-30-28-25-20-18-16-14-12-10-8-6-2/h8,10,14,16,20,25,30,32,45H,5-7,9,11-13,15,17-19,21-24,26-29,31,33-44H2,1-4H3,(H,51,52)/b10-8-,16-14-,25-20-,32-30-. The van der Waals surface area contributed by atoms with Crippen molar-refractivity contribution in [3.05, 3.63) is 48.6 Å². The minimum atomic E-state index is -4.37. The lowest BCUT2D eigenvalue weighted by molar-refractivity contribution is -0.161. The number of ether oxygens (including phenoxy) is 2. The van der Waals surface area contributed by atoms with Gasteiger partial charge in [0.25, 0.3) is 0 Å². The van der Waals surface area contributed by atoms with Gasteiger partial charge in [0.15, 0.2) is 6.10 Å². The predicted molar refractivity (Wildman–Crippen MR) is 238 cm³/mol. The van der Waals surface area contributed by atoms with Crippen LogP contribution < -0.4 is 0 Å². The molecule has 2 unspecified atom stereocenters. The Balaban J connectivity index is 4.27. The van der Waals surface area contributed by atoms with E-state index in [1.165, 1.54) is 103 Å². The summed E-state index contributed by atoms with van der Waals surface area (Å²) in [6, 6.07) is 0. The van der Waals surface area contributed by atoms with Crippen molar-refractivity contribution in [2.24, 2.45) is 0 Å². The molecule has 9 nitrogen and oxygen atoms in total. The molecule has 0 heterocycles. The Bertz CT molecular complexity index is 1090. The molecule has 332 valence electrons. The number of hydrogen-bond donors (Lipinski definition) is 1. The number of carbonyl (C=O) groups is 2. The molecule has 0 spiro atoms. The first-order valence-corrected chi connectivity index (χ1v) is 24.4. The second kappa shape index (κ2) is 42.1. The van der Waals surface area contributed by atoms with Crippen molar-refractivity contribution in [3.63, 3.8) is 0 Å². The fraction of sp³-hybridized carbons (Fsp3) is 0.787. The van der Waals surface area contributed by atoms with Crippen LogP contribution >= 0.6 is 7.82 Å². The third-order valence-corrected chi connectivity index (χ3v) is 10.6. The summed E-state index contributed by atoms with van der Waals surface area (Å²) < 4.78 is 33.5. The highest BCUT2D eigenvalue weighted by Gasteiger charge is 2.26. The quantitative estimate of drug-likeness (QED) is 0.0278. The van der Waals surface area contributed by atoms with E-state index in [0.29, 0.717) is 13.0 Å². The first-order chi connectivity index (χ1) is 27.7. The van der Waals surface area contributed by atoms with Crippen LogP contribution in [0.2, 0.25) is 0 Å². The zero-order valence-electron chi connectivity index (χ0n) is 37.0. The van der Waals surface area contributed by atoms with Gasteiger partial charge in [-0.2, -0.15) is 0 Å². The number of allylic oxidation sites excluding steroid dienone is 8. The van der Waals surface area contributed by atoms with Gasteiger partial charge in [0.1, 0.15) is 6.61 Å². The summed E-state index contributed by atoms with van der Waals surface area (Å²) in [6.07, 6.45) is 47.4. The first kappa shape index (κ1) is 55.0. The Labute approximate surface area is 350 Å². The molecule has 0 radical (unpaired) electrons. The van der Waals surface area contributed by atoms with E-state index in [0.717, 1.165) is 57.8 Å². The average molecular weight is 824 g/mol. The van der Waals surface area contributed by atoms with Gasteiger partial charge in [0.05, 0.1) is 13.2 Å². The molecule has 0 fully saturated rings. The summed E-state index contributed by atoms with van der Waals surface area (Å²) in [5.74, 6) is -0.847. The van der Waals surface area contributed by atoms with Crippen LogP contribution in [0.3, 0.4) is 0 Å². The maximum atomic E-state index is 12.6. The van der Waals surface area contributed by atoms with Crippen molar-refractivity contribution in [2.75, 3.05) is 40.5 Å². The van der Waals surface area contributed by atoms with E-state index in [1.54, 1.807) is 0 Å². The summed E-state index contributed by atoms with van der Waals surface area (Å²) in [6.45, 7) is 4.17. The van der Waals surface area contributed by atoms with Gasteiger partial charge < -0.3 is 19.3 Å². The lowest BCUT2D eigenvalue weighted by atomic mass is 10.0. The molecule has 0 rings (SSSR count). The summed E-state index contributed by atoms with van der Waals surface area (Å²) in [4.78, 5) is 37.0. The van der Waals surface area contributed by atoms with E-state index in [9.17, 15) is 19.0 Å². The molecular weight excluding hydrogens is 737 g/mol. The molecule has 0 amide bonds. The minimum absolute atomic E-state index is 0.00106. The average Bonchev–Trinajstić information content (AvgIpc) is 3.18. The Morgan fingerprint density at radius 1 is 0.561 bits per heavy atom. The zero-order valence-corrected chi connectivity index (χ0v) is 37.9. The van der Waals surface area contributed by atoms with Gasteiger partial charge >= 0.3 is 19.8 Å². The van der Waals surface area contributed by atoms with E-state index in [2.05, 4.69) is 62.5 Å². The molecule has 0 aliphatic carbocycles. The lowest BCUT2D eigenvalue weighted by Crippen LogP contribution is -2.29. The van der Waals surface area contributed by atoms with Crippen LogP contribution in [0.5, 0.6) is 0 Å². The number of unbranched alkanes of at least 4 members (excludes halogenated alkanes) is 20. The Morgan fingerprint density at radius 3 is 1.49 bits per heavy atom. The van der Waals surface area contributed by atoms with Gasteiger partial charge in [-0.15, -0.1) is 0 Å². The number of likely N-dealkylation sites (N-methyl/N-ethyl adjacent to an activating group) is 1. The molecule has 2 atom stereocenters. The fourth-order valence-electron chi connectivity index (χ4n) is 6.15. The van der Waals surface area contributed by atoms with Crippen molar-refractivity contribution in [1.82, 2.24) is 4.90 Å². The van der Waals surface area contributed by atoms with Crippen LogP contribution in [0.25, 0.3) is 0 Å². The molecule has 0 saturated carbocycles. The third-order valence-electron chi connectivity index (χ3n) is 9.65. The van der Waals surface area contributed by atoms with Crippen molar-refractivity contribution >= 4 is 19.8 Å². The van der Waals surface area contributed by atoms with E-state index in [4.69, 9.17) is 18.5 Å². The van der Waals surface area contributed by atoms with Crippen molar-refractivity contribution in [2.45, 2.75) is 200 Å². The molecule has 10 heteroatoms. The number of carbonyl (C=O) groups excluding carboxylic acids is 2. The van der Waals surface area contributed by atoms with Gasteiger partial charge in [-0.05, 0) is 65.5 Å². The summed E-state index contributed by atoms with van der Waals surface area (Å²) in [5.41, 5.74) is 0. The summed E-state index contributed by atoms with van der Waals surface area (Å²) >= 11 is 0. The largest absolute Gasteiger partial charge is 0.472 e. The van der Waals surface area contributed by atoms with Gasteiger partial charge in [-0.25, -0.2) is 4.57 Å². The van der Waals surface area contributed by atoms with Crippen LogP contribution in [0.1, 0.15) is 194 Å². The number of esters is 2. The highest BCUT2D eigenvalue weighted by atomic mass is 31.2. The minimum Gasteiger partial charge on any atom is -0.462 e. The normalized spacial score (nSPS) is 13.8. The second-order valence-electron chi connectivity index (χ2n) is 15.6. The topological polar surface area (TPSA) is 112 Å². The lowest BCUT2D eigenvalue weighted by Gasteiger charge is -2.20. The van der Waals surface area contributed by atoms with Crippen molar-refractivity contribution in [1.29, 1.82) is 0 Å². The molecular formula is C47H86NO8P. The maximum absolute atomic E-state index is 12.6. The van der Waals surface area contributed by atoms with E-state index in [-0.39, 0.29) is 32.0 Å². The molecule has 0 aromatic rings. The van der Waals surface area contributed by atoms with E-state index in [1.807, 2.05) is 19.0 Å². The molecule has 0 bridgehead atoms. The molecule has 0 saturated heterocycles. The Kier molecular flexibility index (Phi) is 40.6. The molecule has 57 heavy (non-hydrogen) atoms. The monoisotopic (exact) mass is 824 g/mol. The van der Waals surface area contributed by atoms with Crippen LogP contribution in [0.15, 0.2) is 48.6 Å². The number of rotatable bonds is 42. The van der Waals surface area contributed by atoms with Crippen molar-refractivity contribution < 1.29 is 37.6 Å². The molecule has 0 aromatic heterocycles. The highest BCUT2D eigenvalue weighted by molar-refractivity contribution is 7.47. The van der Waals surface area contributed by atoms with Crippen LogP contribution in [0, 0.1) is 0 Å². The predicted octanol–water partition coefficient (Wildman–Crippen LogP) is 13.3. The van der Waals surface area contributed by atoms with Crippen molar-refractivity contribution in [3.8, 4) is 0 Å². The van der Waals surface area contributed by atoms with E-state index >= 15 is 0 Å².